The summed E-state index contributed by atoms with van der Waals surface area (Å²) >= 11 is 1.43. The van der Waals surface area contributed by atoms with Gasteiger partial charge < -0.3 is 19.6 Å². The summed E-state index contributed by atoms with van der Waals surface area (Å²) in [7, 11) is 0. The standard InChI is InChI=1S/C23H20N4O4S/c1-15-12-18(27-31-15)14-32-23-19(4-2-10-24-23)21(28)25-13-16-6-8-17(9-7-16)26-22(29)20-5-3-11-30-20/h2-12H,13-14H2,1H3,(H,25,28)(H,26,29). The zero-order valence-corrected chi connectivity index (χ0v) is 18.0. The number of nitrogens with one attached hydrogen (secondary N) is 2. The first-order valence-electron chi connectivity index (χ1n) is 9.80. The molecule has 0 radical (unpaired) electrons. The summed E-state index contributed by atoms with van der Waals surface area (Å²) in [6, 6.07) is 15.8. The Morgan fingerprint density at radius 3 is 2.62 bits per heavy atom. The van der Waals surface area contributed by atoms with Crippen molar-refractivity contribution in [2.75, 3.05) is 5.32 Å². The molecule has 1 aromatic carbocycles. The monoisotopic (exact) mass is 448 g/mol. The number of carbonyl (C=O) groups excluding carboxylic acids is 2. The predicted molar refractivity (Wildman–Crippen MR) is 119 cm³/mol. The van der Waals surface area contributed by atoms with E-state index in [9.17, 15) is 9.59 Å². The van der Waals surface area contributed by atoms with Crippen LogP contribution in [0.5, 0.6) is 0 Å². The zero-order valence-electron chi connectivity index (χ0n) is 17.2. The molecule has 0 fully saturated rings. The van der Waals surface area contributed by atoms with Crippen molar-refractivity contribution in [2.45, 2.75) is 24.2 Å². The number of hydrogen-bond acceptors (Lipinski definition) is 7. The van der Waals surface area contributed by atoms with Crippen LogP contribution in [0.1, 0.15) is 37.9 Å². The molecule has 0 aliphatic rings. The van der Waals surface area contributed by atoms with Crippen LogP contribution in [0.15, 0.2) is 81.0 Å². The molecule has 0 bridgehead atoms. The Bertz CT molecular complexity index is 1200. The average Bonchev–Trinajstić information content (AvgIpc) is 3.49. The lowest BCUT2D eigenvalue weighted by atomic mass is 10.2. The van der Waals surface area contributed by atoms with Crippen LogP contribution >= 0.6 is 11.8 Å². The number of nitrogens with zero attached hydrogens (tertiary/aromatic N) is 2. The minimum Gasteiger partial charge on any atom is -0.459 e. The molecule has 0 spiro atoms. The molecule has 8 nitrogen and oxygen atoms in total. The van der Waals surface area contributed by atoms with Gasteiger partial charge in [-0.3, -0.25) is 9.59 Å². The van der Waals surface area contributed by atoms with E-state index in [1.54, 1.807) is 42.6 Å². The van der Waals surface area contributed by atoms with Crippen molar-refractivity contribution in [3.05, 3.63) is 95.4 Å². The van der Waals surface area contributed by atoms with Gasteiger partial charge in [0.2, 0.25) is 0 Å². The van der Waals surface area contributed by atoms with E-state index >= 15 is 0 Å². The van der Waals surface area contributed by atoms with E-state index in [1.165, 1.54) is 18.0 Å². The molecule has 0 unspecified atom stereocenters. The third-order valence-corrected chi connectivity index (χ3v) is 5.50. The summed E-state index contributed by atoms with van der Waals surface area (Å²) in [5.74, 6) is 1.00. The molecule has 0 saturated heterocycles. The number of amides is 2. The number of aryl methyl sites for hydroxylation is 1. The molecule has 9 heteroatoms. The Kier molecular flexibility index (Phi) is 6.66. The van der Waals surface area contributed by atoms with Crippen molar-refractivity contribution in [1.29, 1.82) is 0 Å². The Balaban J connectivity index is 1.33. The summed E-state index contributed by atoms with van der Waals surface area (Å²) in [4.78, 5) is 29.1. The smallest absolute Gasteiger partial charge is 0.291 e. The number of thioether (sulfide) groups is 1. The fraction of sp³-hybridized carbons (Fsp3) is 0.130. The molecule has 3 heterocycles. The van der Waals surface area contributed by atoms with Crippen LogP contribution in [0.25, 0.3) is 0 Å². The first kappa shape index (κ1) is 21.4. The van der Waals surface area contributed by atoms with Crippen LogP contribution in [0.4, 0.5) is 5.69 Å². The highest BCUT2D eigenvalue weighted by Crippen LogP contribution is 2.24. The van der Waals surface area contributed by atoms with E-state index < -0.39 is 0 Å². The Morgan fingerprint density at radius 2 is 1.91 bits per heavy atom. The first-order valence-corrected chi connectivity index (χ1v) is 10.8. The molecule has 4 rings (SSSR count). The van der Waals surface area contributed by atoms with Gasteiger partial charge in [-0.25, -0.2) is 4.98 Å². The molecular weight excluding hydrogens is 428 g/mol. The minimum atomic E-state index is -0.321. The second-order valence-electron chi connectivity index (χ2n) is 6.88. The maximum Gasteiger partial charge on any atom is 0.291 e. The van der Waals surface area contributed by atoms with E-state index in [0.29, 0.717) is 28.6 Å². The highest BCUT2D eigenvalue weighted by Gasteiger charge is 2.14. The van der Waals surface area contributed by atoms with Gasteiger partial charge in [0.1, 0.15) is 10.8 Å². The summed E-state index contributed by atoms with van der Waals surface area (Å²) in [5, 5.41) is 10.3. The Labute approximate surface area is 188 Å². The van der Waals surface area contributed by atoms with E-state index in [0.717, 1.165) is 17.0 Å². The van der Waals surface area contributed by atoms with Crippen molar-refractivity contribution in [3.8, 4) is 0 Å². The largest absolute Gasteiger partial charge is 0.459 e. The number of benzene rings is 1. The van der Waals surface area contributed by atoms with Gasteiger partial charge in [-0.1, -0.05) is 29.1 Å². The third kappa shape index (κ3) is 5.44. The van der Waals surface area contributed by atoms with Gasteiger partial charge in [0.05, 0.1) is 17.5 Å². The number of pyridine rings is 1. The zero-order chi connectivity index (χ0) is 22.3. The molecule has 3 aromatic heterocycles. The van der Waals surface area contributed by atoms with Gasteiger partial charge in [-0.05, 0) is 48.9 Å². The summed E-state index contributed by atoms with van der Waals surface area (Å²) < 4.78 is 10.2. The molecular formula is C23H20N4O4S. The van der Waals surface area contributed by atoms with Crippen molar-refractivity contribution in [2.24, 2.45) is 0 Å². The van der Waals surface area contributed by atoms with Crippen LogP contribution in [0.2, 0.25) is 0 Å². The topological polar surface area (TPSA) is 110 Å². The van der Waals surface area contributed by atoms with Crippen LogP contribution in [0.3, 0.4) is 0 Å². The maximum absolute atomic E-state index is 12.7. The predicted octanol–water partition coefficient (Wildman–Crippen LogP) is 4.45. The molecule has 2 amide bonds. The fourth-order valence-corrected chi connectivity index (χ4v) is 3.76. The average molecular weight is 449 g/mol. The molecule has 4 aromatic rings. The molecule has 0 saturated carbocycles. The number of anilines is 1. The van der Waals surface area contributed by atoms with Gasteiger partial charge in [-0.15, -0.1) is 0 Å². The molecule has 32 heavy (non-hydrogen) atoms. The van der Waals surface area contributed by atoms with Crippen molar-refractivity contribution >= 4 is 29.3 Å². The van der Waals surface area contributed by atoms with E-state index in [2.05, 4.69) is 20.8 Å². The normalized spacial score (nSPS) is 10.7. The van der Waals surface area contributed by atoms with Gasteiger partial charge in [-0.2, -0.15) is 0 Å². The molecule has 0 atom stereocenters. The number of rotatable bonds is 8. The highest BCUT2D eigenvalue weighted by molar-refractivity contribution is 7.98. The summed E-state index contributed by atoms with van der Waals surface area (Å²) in [5.41, 5.74) is 2.82. The lowest BCUT2D eigenvalue weighted by Crippen LogP contribution is -2.23. The minimum absolute atomic E-state index is 0.216. The van der Waals surface area contributed by atoms with Gasteiger partial charge >= 0.3 is 0 Å². The molecule has 2 N–H and O–H groups in total. The van der Waals surface area contributed by atoms with Gasteiger partial charge in [0, 0.05) is 30.2 Å². The summed E-state index contributed by atoms with van der Waals surface area (Å²) in [6.45, 7) is 2.17. The van der Waals surface area contributed by atoms with Crippen LogP contribution in [-0.4, -0.2) is 22.0 Å². The van der Waals surface area contributed by atoms with E-state index in [-0.39, 0.29) is 17.6 Å². The highest BCUT2D eigenvalue weighted by atomic mass is 32.2. The second kappa shape index (κ2) is 9.97. The van der Waals surface area contributed by atoms with Gasteiger partial charge in [0.25, 0.3) is 11.8 Å². The SMILES string of the molecule is Cc1cc(CSc2ncccc2C(=O)NCc2ccc(NC(=O)c3ccco3)cc2)no1. The van der Waals surface area contributed by atoms with E-state index in [1.807, 2.05) is 25.1 Å². The fourth-order valence-electron chi connectivity index (χ4n) is 2.89. The quantitative estimate of drug-likeness (QED) is 0.383. The van der Waals surface area contributed by atoms with Crippen molar-refractivity contribution in [1.82, 2.24) is 15.5 Å². The summed E-state index contributed by atoms with van der Waals surface area (Å²) in [6.07, 6.45) is 3.10. The van der Waals surface area contributed by atoms with Crippen molar-refractivity contribution < 1.29 is 18.5 Å². The van der Waals surface area contributed by atoms with Crippen molar-refractivity contribution in [3.63, 3.8) is 0 Å². The lowest BCUT2D eigenvalue weighted by Gasteiger charge is -2.09. The van der Waals surface area contributed by atoms with E-state index in [4.69, 9.17) is 8.94 Å². The Hall–Kier alpha value is -3.85. The third-order valence-electron chi connectivity index (χ3n) is 4.46. The maximum atomic E-state index is 12.7. The second-order valence-corrected chi connectivity index (χ2v) is 7.85. The van der Waals surface area contributed by atoms with Crippen LogP contribution in [0, 0.1) is 6.92 Å². The van der Waals surface area contributed by atoms with Crippen LogP contribution < -0.4 is 10.6 Å². The first-order chi connectivity index (χ1) is 15.6. The molecule has 0 aliphatic carbocycles. The number of aromatic nitrogens is 2. The molecule has 0 aliphatic heterocycles. The van der Waals surface area contributed by atoms with Crippen LogP contribution in [-0.2, 0) is 12.3 Å². The molecule has 162 valence electrons. The number of furan rings is 1. The number of hydrogen-bond donors (Lipinski definition) is 2. The number of carbonyl (C=O) groups is 2. The lowest BCUT2D eigenvalue weighted by molar-refractivity contribution is 0.0946. The Morgan fingerprint density at radius 1 is 1.06 bits per heavy atom. The van der Waals surface area contributed by atoms with Gasteiger partial charge in [0.15, 0.2) is 5.76 Å².